The number of nitrogen functional groups attached to an aromatic ring is 1. The average molecular weight is 265 g/mol. The number of benzene rings is 1. The second-order valence-corrected chi connectivity index (χ2v) is 4.62. The van der Waals surface area contributed by atoms with Gasteiger partial charge < -0.3 is 21.1 Å². The lowest BCUT2D eigenvalue weighted by molar-refractivity contribution is -0.118. The highest BCUT2D eigenvalue weighted by molar-refractivity contribution is 5.72. The van der Waals surface area contributed by atoms with Gasteiger partial charge in [-0.05, 0) is 31.0 Å². The summed E-state index contributed by atoms with van der Waals surface area (Å²) < 4.78 is 5.13. The number of ether oxygens (including phenoxy) is 1. The third-order valence-electron chi connectivity index (χ3n) is 2.83. The maximum absolute atomic E-state index is 10.7. The van der Waals surface area contributed by atoms with Crippen LogP contribution in [-0.2, 0) is 11.2 Å². The molecule has 106 valence electrons. The quantitative estimate of drug-likeness (QED) is 0.506. The van der Waals surface area contributed by atoms with Gasteiger partial charge in [-0.3, -0.25) is 4.79 Å². The zero-order chi connectivity index (χ0) is 14.3. The number of amides is 1. The smallest absolute Gasteiger partial charge is 0.216 e. The van der Waals surface area contributed by atoms with Crippen LogP contribution >= 0.6 is 0 Å². The van der Waals surface area contributed by atoms with Crippen molar-refractivity contribution >= 4 is 11.6 Å². The van der Waals surface area contributed by atoms with Crippen LogP contribution in [0.25, 0.3) is 0 Å². The number of hydrogen-bond donors (Lipinski definition) is 3. The van der Waals surface area contributed by atoms with Gasteiger partial charge >= 0.3 is 0 Å². The SMILES string of the molecule is COc1ccc(CC(C)NCCNC(C)=O)cc1N. The van der Waals surface area contributed by atoms with Crippen molar-refractivity contribution in [2.24, 2.45) is 0 Å². The molecule has 0 heterocycles. The molecule has 1 aromatic carbocycles. The Bertz CT molecular complexity index is 421. The molecular weight excluding hydrogens is 242 g/mol. The Balaban J connectivity index is 2.37. The van der Waals surface area contributed by atoms with Gasteiger partial charge in [0.1, 0.15) is 5.75 Å². The summed E-state index contributed by atoms with van der Waals surface area (Å²) in [5.41, 5.74) is 7.69. The van der Waals surface area contributed by atoms with E-state index in [1.54, 1.807) is 7.11 Å². The first kappa shape index (κ1) is 15.3. The van der Waals surface area contributed by atoms with Crippen molar-refractivity contribution in [1.29, 1.82) is 0 Å². The molecule has 0 saturated heterocycles. The maximum Gasteiger partial charge on any atom is 0.216 e. The highest BCUT2D eigenvalue weighted by Gasteiger charge is 2.05. The standard InChI is InChI=1S/C14H23N3O2/c1-10(16-6-7-17-11(2)18)8-12-4-5-14(19-3)13(15)9-12/h4-5,9-10,16H,6-8,15H2,1-3H3,(H,17,18). The first-order valence-electron chi connectivity index (χ1n) is 6.43. The Hall–Kier alpha value is -1.75. The molecule has 1 aromatic rings. The third kappa shape index (κ3) is 5.61. The van der Waals surface area contributed by atoms with E-state index >= 15 is 0 Å². The van der Waals surface area contributed by atoms with E-state index in [0.717, 1.165) is 18.5 Å². The van der Waals surface area contributed by atoms with Gasteiger partial charge in [-0.2, -0.15) is 0 Å². The maximum atomic E-state index is 10.7. The lowest BCUT2D eigenvalue weighted by atomic mass is 10.1. The lowest BCUT2D eigenvalue weighted by Crippen LogP contribution is -2.35. The van der Waals surface area contributed by atoms with Gasteiger partial charge in [0.25, 0.3) is 0 Å². The number of anilines is 1. The third-order valence-corrected chi connectivity index (χ3v) is 2.83. The normalized spacial score (nSPS) is 11.9. The van der Waals surface area contributed by atoms with Crippen LogP contribution in [0, 0.1) is 0 Å². The molecule has 0 aliphatic carbocycles. The van der Waals surface area contributed by atoms with E-state index in [1.165, 1.54) is 6.92 Å². The van der Waals surface area contributed by atoms with Crippen molar-refractivity contribution in [2.45, 2.75) is 26.3 Å². The largest absolute Gasteiger partial charge is 0.495 e. The van der Waals surface area contributed by atoms with Gasteiger partial charge in [0.2, 0.25) is 5.91 Å². The molecule has 1 amide bonds. The molecule has 0 aromatic heterocycles. The summed E-state index contributed by atoms with van der Waals surface area (Å²) in [6.07, 6.45) is 0.883. The van der Waals surface area contributed by atoms with Gasteiger partial charge in [0, 0.05) is 26.1 Å². The number of rotatable bonds is 7. The average Bonchev–Trinajstić information content (AvgIpc) is 2.35. The molecule has 0 fully saturated rings. The molecule has 5 nitrogen and oxygen atoms in total. The monoisotopic (exact) mass is 265 g/mol. The minimum absolute atomic E-state index is 0.00242. The van der Waals surface area contributed by atoms with E-state index < -0.39 is 0 Å². The van der Waals surface area contributed by atoms with Crippen molar-refractivity contribution in [3.8, 4) is 5.75 Å². The Morgan fingerprint density at radius 1 is 1.42 bits per heavy atom. The van der Waals surface area contributed by atoms with Crippen LogP contribution in [-0.4, -0.2) is 32.1 Å². The first-order chi connectivity index (χ1) is 9.02. The minimum Gasteiger partial charge on any atom is -0.495 e. The predicted molar refractivity (Wildman–Crippen MR) is 77.3 cm³/mol. The number of carbonyl (C=O) groups is 1. The van der Waals surface area contributed by atoms with Crippen LogP contribution in [0.2, 0.25) is 0 Å². The van der Waals surface area contributed by atoms with Crippen molar-refractivity contribution in [2.75, 3.05) is 25.9 Å². The summed E-state index contributed by atoms with van der Waals surface area (Å²) in [6, 6.07) is 6.15. The van der Waals surface area contributed by atoms with Gasteiger partial charge in [-0.25, -0.2) is 0 Å². The molecule has 0 aliphatic heterocycles. The molecule has 0 spiro atoms. The van der Waals surface area contributed by atoms with Crippen molar-refractivity contribution in [3.63, 3.8) is 0 Å². The molecule has 0 radical (unpaired) electrons. The van der Waals surface area contributed by atoms with Crippen LogP contribution < -0.4 is 21.1 Å². The highest BCUT2D eigenvalue weighted by atomic mass is 16.5. The molecule has 5 heteroatoms. The number of carbonyl (C=O) groups excluding carboxylic acids is 1. The summed E-state index contributed by atoms with van der Waals surface area (Å²) in [6.45, 7) is 5.02. The summed E-state index contributed by atoms with van der Waals surface area (Å²) in [4.78, 5) is 10.7. The van der Waals surface area contributed by atoms with Gasteiger partial charge in [0.05, 0.1) is 12.8 Å². The van der Waals surface area contributed by atoms with Crippen LogP contribution in [0.3, 0.4) is 0 Å². The van der Waals surface area contributed by atoms with Crippen LogP contribution in [0.1, 0.15) is 19.4 Å². The Labute approximate surface area is 114 Å². The Kier molecular flexibility index (Phi) is 6.15. The summed E-state index contributed by atoms with van der Waals surface area (Å²) >= 11 is 0. The zero-order valence-electron chi connectivity index (χ0n) is 11.8. The molecule has 0 bridgehead atoms. The number of nitrogens with one attached hydrogen (secondary N) is 2. The lowest BCUT2D eigenvalue weighted by Gasteiger charge is -2.15. The number of hydrogen-bond acceptors (Lipinski definition) is 4. The molecule has 1 unspecified atom stereocenters. The molecule has 19 heavy (non-hydrogen) atoms. The number of nitrogens with two attached hydrogens (primary N) is 1. The topological polar surface area (TPSA) is 76.4 Å². The van der Waals surface area contributed by atoms with Gasteiger partial charge in [0.15, 0.2) is 0 Å². The van der Waals surface area contributed by atoms with Crippen molar-refractivity contribution < 1.29 is 9.53 Å². The molecule has 4 N–H and O–H groups in total. The second-order valence-electron chi connectivity index (χ2n) is 4.62. The molecular formula is C14H23N3O2. The molecule has 1 rings (SSSR count). The van der Waals surface area contributed by atoms with E-state index in [1.807, 2.05) is 18.2 Å². The van der Waals surface area contributed by atoms with Crippen molar-refractivity contribution in [1.82, 2.24) is 10.6 Å². The van der Waals surface area contributed by atoms with Crippen LogP contribution in [0.5, 0.6) is 5.75 Å². The summed E-state index contributed by atoms with van der Waals surface area (Å²) in [7, 11) is 1.61. The molecule has 1 atom stereocenters. The zero-order valence-corrected chi connectivity index (χ0v) is 11.8. The van der Waals surface area contributed by atoms with E-state index in [-0.39, 0.29) is 5.91 Å². The fourth-order valence-electron chi connectivity index (χ4n) is 1.89. The predicted octanol–water partition coefficient (Wildman–Crippen LogP) is 0.934. The van der Waals surface area contributed by atoms with Gasteiger partial charge in [-0.1, -0.05) is 6.07 Å². The Morgan fingerprint density at radius 2 is 2.16 bits per heavy atom. The fraction of sp³-hybridized carbons (Fsp3) is 0.500. The Morgan fingerprint density at radius 3 is 2.74 bits per heavy atom. The van der Waals surface area contributed by atoms with Crippen molar-refractivity contribution in [3.05, 3.63) is 23.8 Å². The van der Waals surface area contributed by atoms with E-state index in [9.17, 15) is 4.79 Å². The summed E-state index contributed by atoms with van der Waals surface area (Å²) in [5.74, 6) is 0.701. The summed E-state index contributed by atoms with van der Waals surface area (Å²) in [5, 5.41) is 6.10. The molecule has 0 aliphatic rings. The minimum atomic E-state index is -0.00242. The highest BCUT2D eigenvalue weighted by Crippen LogP contribution is 2.22. The van der Waals surface area contributed by atoms with E-state index in [0.29, 0.717) is 24.0 Å². The van der Waals surface area contributed by atoms with Crippen LogP contribution in [0.15, 0.2) is 18.2 Å². The first-order valence-corrected chi connectivity index (χ1v) is 6.43. The fourth-order valence-corrected chi connectivity index (χ4v) is 1.89. The van der Waals surface area contributed by atoms with Crippen LogP contribution in [0.4, 0.5) is 5.69 Å². The van der Waals surface area contributed by atoms with E-state index in [2.05, 4.69) is 17.6 Å². The number of methoxy groups -OCH3 is 1. The van der Waals surface area contributed by atoms with Gasteiger partial charge in [-0.15, -0.1) is 0 Å². The second kappa shape index (κ2) is 7.63. The van der Waals surface area contributed by atoms with E-state index in [4.69, 9.17) is 10.5 Å². The molecule has 0 saturated carbocycles.